The minimum absolute atomic E-state index is 0.432. The summed E-state index contributed by atoms with van der Waals surface area (Å²) in [4.78, 5) is 0. The molecule has 3 aliphatic carbocycles. The van der Waals surface area contributed by atoms with E-state index in [4.69, 9.17) is 11.6 Å². The molecule has 102 valence electrons. The Balaban J connectivity index is 1.89. The van der Waals surface area contributed by atoms with Crippen LogP contribution in [0.3, 0.4) is 0 Å². The van der Waals surface area contributed by atoms with E-state index in [0.717, 1.165) is 5.02 Å². The largest absolute Gasteiger partial charge is 0.0843 e. The topological polar surface area (TPSA) is 0 Å². The van der Waals surface area contributed by atoms with E-state index in [9.17, 15) is 0 Å². The summed E-state index contributed by atoms with van der Waals surface area (Å²) in [5.41, 5.74) is 5.32. The molecule has 0 amide bonds. The van der Waals surface area contributed by atoms with E-state index in [2.05, 4.69) is 66.8 Å². The van der Waals surface area contributed by atoms with Gasteiger partial charge in [-0.2, -0.15) is 0 Å². The van der Waals surface area contributed by atoms with Gasteiger partial charge >= 0.3 is 0 Å². The van der Waals surface area contributed by atoms with Crippen LogP contribution in [0.5, 0.6) is 0 Å². The van der Waals surface area contributed by atoms with Crippen molar-refractivity contribution in [3.8, 4) is 0 Å². The second kappa shape index (κ2) is 5.05. The first kappa shape index (κ1) is 12.7. The molecular weight excluding hydrogens is 276 g/mol. The van der Waals surface area contributed by atoms with E-state index in [1.165, 1.54) is 22.3 Å². The summed E-state index contributed by atoms with van der Waals surface area (Å²) in [6.45, 7) is 0. The molecule has 0 nitrogen and oxygen atoms in total. The van der Waals surface area contributed by atoms with Crippen molar-refractivity contribution in [2.75, 3.05) is 0 Å². The zero-order chi connectivity index (χ0) is 14.2. The minimum Gasteiger partial charge on any atom is -0.0843 e. The van der Waals surface area contributed by atoms with Crippen LogP contribution in [0, 0.1) is 11.8 Å². The zero-order valence-corrected chi connectivity index (χ0v) is 12.3. The summed E-state index contributed by atoms with van der Waals surface area (Å²) >= 11 is 6.02. The van der Waals surface area contributed by atoms with E-state index >= 15 is 0 Å². The van der Waals surface area contributed by atoms with Gasteiger partial charge in [-0.25, -0.2) is 0 Å². The summed E-state index contributed by atoms with van der Waals surface area (Å²) in [7, 11) is 0. The highest BCUT2D eigenvalue weighted by atomic mass is 35.5. The summed E-state index contributed by atoms with van der Waals surface area (Å²) in [5, 5.41) is 0.779. The van der Waals surface area contributed by atoms with Crippen LogP contribution in [0.2, 0.25) is 5.02 Å². The van der Waals surface area contributed by atoms with Crippen LogP contribution >= 0.6 is 11.6 Å². The lowest BCUT2D eigenvalue weighted by Gasteiger charge is -2.33. The third kappa shape index (κ3) is 2.16. The number of rotatable bonds is 1. The van der Waals surface area contributed by atoms with Crippen LogP contribution in [0.4, 0.5) is 0 Å². The Morgan fingerprint density at radius 2 is 1.48 bits per heavy atom. The molecule has 0 radical (unpaired) electrons. The van der Waals surface area contributed by atoms with Gasteiger partial charge < -0.3 is 0 Å². The van der Waals surface area contributed by atoms with E-state index in [0.29, 0.717) is 11.8 Å². The molecule has 0 aromatic heterocycles. The number of hydrogen-bond donors (Lipinski definition) is 0. The number of allylic oxidation sites excluding steroid dienone is 12. The minimum atomic E-state index is 0.432. The molecule has 2 atom stereocenters. The van der Waals surface area contributed by atoms with Crippen LogP contribution in [0.1, 0.15) is 5.56 Å². The monoisotopic (exact) mass is 290 g/mol. The van der Waals surface area contributed by atoms with Gasteiger partial charge in [-0.15, -0.1) is 0 Å². The molecule has 0 N–H and O–H groups in total. The third-order valence-corrected chi connectivity index (χ3v) is 4.58. The zero-order valence-electron chi connectivity index (χ0n) is 11.5. The molecule has 0 bridgehead atoms. The first-order valence-corrected chi connectivity index (χ1v) is 7.62. The van der Waals surface area contributed by atoms with Crippen molar-refractivity contribution in [1.82, 2.24) is 0 Å². The SMILES string of the molecule is Clc1ccc(C2=C3C=CC=CC3C3C=CC=CC3=C2)cc1. The predicted molar refractivity (Wildman–Crippen MR) is 90.0 cm³/mol. The van der Waals surface area contributed by atoms with Crippen LogP contribution < -0.4 is 0 Å². The van der Waals surface area contributed by atoms with E-state index < -0.39 is 0 Å². The molecule has 21 heavy (non-hydrogen) atoms. The van der Waals surface area contributed by atoms with Crippen LogP contribution in [-0.2, 0) is 0 Å². The van der Waals surface area contributed by atoms with Crippen molar-refractivity contribution < 1.29 is 0 Å². The standard InChI is InChI=1S/C20H15Cl/c21-16-11-9-14(10-12-16)20-13-15-5-1-2-6-17(15)18-7-3-4-8-19(18)20/h1-13,17-18H. The second-order valence-corrected chi connectivity index (χ2v) is 6.00. The Hall–Kier alpha value is -2.05. The number of benzene rings is 1. The fourth-order valence-corrected chi connectivity index (χ4v) is 3.44. The van der Waals surface area contributed by atoms with Crippen molar-refractivity contribution in [3.05, 3.63) is 101 Å². The Kier molecular flexibility index (Phi) is 3.05. The predicted octanol–water partition coefficient (Wildman–Crippen LogP) is 5.52. The van der Waals surface area contributed by atoms with Gasteiger partial charge in [0.05, 0.1) is 0 Å². The average molecular weight is 291 g/mol. The fourth-order valence-electron chi connectivity index (χ4n) is 3.31. The summed E-state index contributed by atoms with van der Waals surface area (Å²) in [5.74, 6) is 0.893. The maximum Gasteiger partial charge on any atom is 0.0406 e. The quantitative estimate of drug-likeness (QED) is 0.639. The van der Waals surface area contributed by atoms with Gasteiger partial charge in [0.2, 0.25) is 0 Å². The Morgan fingerprint density at radius 3 is 2.29 bits per heavy atom. The Morgan fingerprint density at radius 1 is 0.762 bits per heavy atom. The lowest BCUT2D eigenvalue weighted by atomic mass is 9.71. The molecule has 0 spiro atoms. The smallest absolute Gasteiger partial charge is 0.0406 e. The first-order chi connectivity index (χ1) is 10.3. The Labute approximate surface area is 130 Å². The van der Waals surface area contributed by atoms with Gasteiger partial charge in [0.1, 0.15) is 0 Å². The van der Waals surface area contributed by atoms with E-state index in [-0.39, 0.29) is 0 Å². The summed E-state index contributed by atoms with van der Waals surface area (Å²) in [6.07, 6.45) is 20.0. The van der Waals surface area contributed by atoms with Crippen LogP contribution in [0.25, 0.3) is 5.57 Å². The molecule has 0 aliphatic heterocycles. The maximum absolute atomic E-state index is 6.02. The molecule has 3 aliphatic rings. The van der Waals surface area contributed by atoms with E-state index in [1.54, 1.807) is 0 Å². The first-order valence-electron chi connectivity index (χ1n) is 7.24. The van der Waals surface area contributed by atoms with Crippen molar-refractivity contribution in [2.45, 2.75) is 0 Å². The molecule has 0 saturated heterocycles. The third-order valence-electron chi connectivity index (χ3n) is 4.33. The molecule has 1 heteroatoms. The van der Waals surface area contributed by atoms with Gasteiger partial charge in [0, 0.05) is 16.9 Å². The van der Waals surface area contributed by atoms with Gasteiger partial charge in [0.25, 0.3) is 0 Å². The fraction of sp³-hybridized carbons (Fsp3) is 0.100. The molecule has 0 saturated carbocycles. The molecular formula is C20H15Cl. The summed E-state index contributed by atoms with van der Waals surface area (Å²) < 4.78 is 0. The highest BCUT2D eigenvalue weighted by molar-refractivity contribution is 6.30. The van der Waals surface area contributed by atoms with Crippen molar-refractivity contribution in [1.29, 1.82) is 0 Å². The molecule has 0 heterocycles. The number of fused-ring (bicyclic) bond motifs is 3. The molecule has 0 fully saturated rings. The van der Waals surface area contributed by atoms with Gasteiger partial charge in [-0.1, -0.05) is 78.4 Å². The molecule has 1 aromatic rings. The van der Waals surface area contributed by atoms with Gasteiger partial charge in [0.15, 0.2) is 0 Å². The molecule has 4 rings (SSSR count). The van der Waals surface area contributed by atoms with Crippen molar-refractivity contribution >= 4 is 17.2 Å². The van der Waals surface area contributed by atoms with Crippen molar-refractivity contribution in [3.63, 3.8) is 0 Å². The van der Waals surface area contributed by atoms with E-state index in [1.807, 2.05) is 12.1 Å². The molecule has 1 aromatic carbocycles. The summed E-state index contributed by atoms with van der Waals surface area (Å²) in [6, 6.07) is 8.13. The maximum atomic E-state index is 6.02. The van der Waals surface area contributed by atoms with Gasteiger partial charge in [-0.3, -0.25) is 0 Å². The van der Waals surface area contributed by atoms with Crippen LogP contribution in [-0.4, -0.2) is 0 Å². The lowest BCUT2D eigenvalue weighted by molar-refractivity contribution is 0.618. The second-order valence-electron chi connectivity index (χ2n) is 5.56. The molecule has 2 unspecified atom stereocenters. The lowest BCUT2D eigenvalue weighted by Crippen LogP contribution is -2.21. The Bertz CT molecular complexity index is 752. The average Bonchev–Trinajstić information content (AvgIpc) is 2.55. The highest BCUT2D eigenvalue weighted by Crippen LogP contribution is 2.43. The normalized spacial score (nSPS) is 25.7. The highest BCUT2D eigenvalue weighted by Gasteiger charge is 2.30. The van der Waals surface area contributed by atoms with Crippen molar-refractivity contribution in [2.24, 2.45) is 11.8 Å². The number of hydrogen-bond acceptors (Lipinski definition) is 0. The van der Waals surface area contributed by atoms with Gasteiger partial charge in [-0.05, 0) is 34.4 Å². The van der Waals surface area contributed by atoms with Crippen LogP contribution in [0.15, 0.2) is 90.1 Å². The number of halogens is 1.